The van der Waals surface area contributed by atoms with Crippen LogP contribution in [0.1, 0.15) is 21.5 Å². The fourth-order valence-corrected chi connectivity index (χ4v) is 2.55. The molecule has 2 aromatic rings. The average molecular weight is 319 g/mol. The first kappa shape index (κ1) is 13.8. The van der Waals surface area contributed by atoms with Crippen LogP contribution < -0.4 is 4.74 Å². The average Bonchev–Trinajstić information content (AvgIpc) is 2.42. The van der Waals surface area contributed by atoms with E-state index in [1.54, 1.807) is 6.07 Å². The smallest absolute Gasteiger partial charge is 0.153 e. The molecule has 2 rings (SSSR count). The van der Waals surface area contributed by atoms with Crippen molar-refractivity contribution in [3.8, 4) is 5.75 Å². The van der Waals surface area contributed by atoms with Crippen LogP contribution in [0.5, 0.6) is 5.75 Å². The van der Waals surface area contributed by atoms with Gasteiger partial charge in [0.05, 0.1) is 12.2 Å². The lowest BCUT2D eigenvalue weighted by Crippen LogP contribution is -2.04. The first-order valence-electron chi connectivity index (χ1n) is 6.13. The van der Waals surface area contributed by atoms with E-state index in [0.717, 1.165) is 22.7 Å². The van der Waals surface area contributed by atoms with Crippen LogP contribution in [0.2, 0.25) is 0 Å². The SMILES string of the molecule is Cc1cc(Br)cc(C=O)c1OCCc1ccccc1. The van der Waals surface area contributed by atoms with Crippen LogP contribution >= 0.6 is 15.9 Å². The Morgan fingerprint density at radius 1 is 1.21 bits per heavy atom. The van der Waals surface area contributed by atoms with E-state index in [9.17, 15) is 4.79 Å². The van der Waals surface area contributed by atoms with E-state index in [1.807, 2.05) is 31.2 Å². The third-order valence-electron chi connectivity index (χ3n) is 2.88. The maximum absolute atomic E-state index is 11.1. The summed E-state index contributed by atoms with van der Waals surface area (Å²) >= 11 is 3.38. The molecule has 0 bridgehead atoms. The normalized spacial score (nSPS) is 10.2. The van der Waals surface area contributed by atoms with Crippen molar-refractivity contribution in [1.82, 2.24) is 0 Å². The number of hydrogen-bond acceptors (Lipinski definition) is 2. The molecule has 0 saturated heterocycles. The third-order valence-corrected chi connectivity index (χ3v) is 3.33. The monoisotopic (exact) mass is 318 g/mol. The van der Waals surface area contributed by atoms with Crippen molar-refractivity contribution in [1.29, 1.82) is 0 Å². The van der Waals surface area contributed by atoms with Gasteiger partial charge in [0.25, 0.3) is 0 Å². The van der Waals surface area contributed by atoms with E-state index in [1.165, 1.54) is 5.56 Å². The Morgan fingerprint density at radius 2 is 1.95 bits per heavy atom. The highest BCUT2D eigenvalue weighted by atomic mass is 79.9. The summed E-state index contributed by atoms with van der Waals surface area (Å²) in [5.74, 6) is 0.675. The molecule has 0 aliphatic rings. The first-order valence-corrected chi connectivity index (χ1v) is 6.92. The molecule has 2 nitrogen and oxygen atoms in total. The maximum Gasteiger partial charge on any atom is 0.153 e. The molecule has 19 heavy (non-hydrogen) atoms. The van der Waals surface area contributed by atoms with Gasteiger partial charge >= 0.3 is 0 Å². The molecule has 0 heterocycles. The zero-order chi connectivity index (χ0) is 13.7. The van der Waals surface area contributed by atoms with E-state index in [2.05, 4.69) is 28.1 Å². The number of carbonyl (C=O) groups excluding carboxylic acids is 1. The number of halogens is 1. The van der Waals surface area contributed by atoms with E-state index in [-0.39, 0.29) is 0 Å². The van der Waals surface area contributed by atoms with Crippen LogP contribution in [0.4, 0.5) is 0 Å². The van der Waals surface area contributed by atoms with E-state index >= 15 is 0 Å². The molecule has 0 atom stereocenters. The molecule has 0 aliphatic carbocycles. The summed E-state index contributed by atoms with van der Waals surface area (Å²) in [6, 6.07) is 13.9. The van der Waals surface area contributed by atoms with Gasteiger partial charge in [-0.3, -0.25) is 4.79 Å². The van der Waals surface area contributed by atoms with Crippen LogP contribution in [-0.4, -0.2) is 12.9 Å². The van der Waals surface area contributed by atoms with Crippen molar-refractivity contribution in [3.05, 3.63) is 63.6 Å². The Kier molecular flexibility index (Phi) is 4.74. The summed E-state index contributed by atoms with van der Waals surface area (Å²) in [5, 5.41) is 0. The van der Waals surface area contributed by atoms with Gasteiger partial charge in [-0.05, 0) is 30.2 Å². The van der Waals surface area contributed by atoms with Crippen molar-refractivity contribution in [3.63, 3.8) is 0 Å². The van der Waals surface area contributed by atoms with Crippen molar-refractivity contribution in [2.24, 2.45) is 0 Å². The zero-order valence-corrected chi connectivity index (χ0v) is 12.3. The molecule has 0 aliphatic heterocycles. The molecule has 0 spiro atoms. The van der Waals surface area contributed by atoms with Crippen molar-refractivity contribution >= 4 is 22.2 Å². The lowest BCUT2D eigenvalue weighted by Gasteiger charge is -2.12. The fraction of sp³-hybridized carbons (Fsp3) is 0.188. The Labute approximate surface area is 121 Å². The Hall–Kier alpha value is -1.61. The number of aldehydes is 1. The summed E-state index contributed by atoms with van der Waals surface area (Å²) < 4.78 is 6.66. The van der Waals surface area contributed by atoms with Gasteiger partial charge in [0.2, 0.25) is 0 Å². The van der Waals surface area contributed by atoms with Crippen LogP contribution in [0, 0.1) is 6.92 Å². The highest BCUT2D eigenvalue weighted by molar-refractivity contribution is 9.10. The lowest BCUT2D eigenvalue weighted by atomic mass is 10.1. The highest BCUT2D eigenvalue weighted by Crippen LogP contribution is 2.27. The van der Waals surface area contributed by atoms with Crippen molar-refractivity contribution in [2.75, 3.05) is 6.61 Å². The summed E-state index contributed by atoms with van der Waals surface area (Å²) in [5.41, 5.74) is 2.77. The maximum atomic E-state index is 11.1. The summed E-state index contributed by atoms with van der Waals surface area (Å²) in [6.45, 7) is 2.50. The van der Waals surface area contributed by atoms with Crippen LogP contribution in [-0.2, 0) is 6.42 Å². The highest BCUT2D eigenvalue weighted by Gasteiger charge is 2.08. The topological polar surface area (TPSA) is 26.3 Å². The Morgan fingerprint density at radius 3 is 2.63 bits per heavy atom. The van der Waals surface area contributed by atoms with Gasteiger partial charge in [-0.2, -0.15) is 0 Å². The third kappa shape index (κ3) is 3.67. The van der Waals surface area contributed by atoms with Gasteiger partial charge < -0.3 is 4.74 Å². The standard InChI is InChI=1S/C16H15BrO2/c1-12-9-15(17)10-14(11-18)16(12)19-8-7-13-5-3-2-4-6-13/h2-6,9-11H,7-8H2,1H3. The van der Waals surface area contributed by atoms with Crippen LogP contribution in [0.15, 0.2) is 46.9 Å². The molecule has 2 aromatic carbocycles. The van der Waals surface area contributed by atoms with Crippen molar-refractivity contribution < 1.29 is 9.53 Å². The van der Waals surface area contributed by atoms with E-state index < -0.39 is 0 Å². The lowest BCUT2D eigenvalue weighted by molar-refractivity contribution is 0.111. The van der Waals surface area contributed by atoms with Crippen LogP contribution in [0.3, 0.4) is 0 Å². The molecule has 0 amide bonds. The molecular formula is C16H15BrO2. The molecule has 3 heteroatoms. The van der Waals surface area contributed by atoms with Crippen LogP contribution in [0.25, 0.3) is 0 Å². The summed E-state index contributed by atoms with van der Waals surface area (Å²) in [6.07, 6.45) is 1.66. The molecule has 0 N–H and O–H groups in total. The number of aryl methyl sites for hydroxylation is 1. The molecular weight excluding hydrogens is 304 g/mol. The van der Waals surface area contributed by atoms with Gasteiger partial charge in [0.1, 0.15) is 5.75 Å². The summed E-state index contributed by atoms with van der Waals surface area (Å²) in [7, 11) is 0. The number of ether oxygens (including phenoxy) is 1. The molecule has 0 unspecified atom stereocenters. The first-order chi connectivity index (χ1) is 9.20. The van der Waals surface area contributed by atoms with E-state index in [4.69, 9.17) is 4.74 Å². The Balaban J connectivity index is 2.05. The molecule has 0 aromatic heterocycles. The fourth-order valence-electron chi connectivity index (χ4n) is 1.96. The predicted octanol–water partition coefficient (Wildman–Crippen LogP) is 4.19. The number of hydrogen-bond donors (Lipinski definition) is 0. The number of benzene rings is 2. The van der Waals surface area contributed by atoms with Gasteiger partial charge in [-0.25, -0.2) is 0 Å². The van der Waals surface area contributed by atoms with E-state index in [0.29, 0.717) is 17.9 Å². The largest absolute Gasteiger partial charge is 0.492 e. The van der Waals surface area contributed by atoms with Gasteiger partial charge in [-0.1, -0.05) is 46.3 Å². The van der Waals surface area contributed by atoms with Gasteiger partial charge in [-0.15, -0.1) is 0 Å². The second-order valence-corrected chi connectivity index (χ2v) is 5.26. The van der Waals surface area contributed by atoms with Gasteiger partial charge in [0, 0.05) is 10.9 Å². The second kappa shape index (κ2) is 6.53. The molecule has 98 valence electrons. The zero-order valence-electron chi connectivity index (χ0n) is 10.7. The quantitative estimate of drug-likeness (QED) is 0.773. The van der Waals surface area contributed by atoms with Gasteiger partial charge in [0.15, 0.2) is 6.29 Å². The minimum Gasteiger partial charge on any atom is -0.492 e. The second-order valence-electron chi connectivity index (χ2n) is 4.34. The number of rotatable bonds is 5. The minimum absolute atomic E-state index is 0.563. The predicted molar refractivity (Wildman–Crippen MR) is 79.9 cm³/mol. The minimum atomic E-state index is 0.563. The Bertz CT molecular complexity index is 564. The summed E-state index contributed by atoms with van der Waals surface area (Å²) in [4.78, 5) is 11.1. The van der Waals surface area contributed by atoms with Crippen molar-refractivity contribution in [2.45, 2.75) is 13.3 Å². The molecule has 0 fully saturated rings. The molecule has 0 radical (unpaired) electrons. The number of carbonyl (C=O) groups is 1. The molecule has 0 saturated carbocycles.